The lowest BCUT2D eigenvalue weighted by molar-refractivity contribution is 0.305. The van der Waals surface area contributed by atoms with Crippen molar-refractivity contribution in [2.45, 2.75) is 19.6 Å². The summed E-state index contributed by atoms with van der Waals surface area (Å²) in [6, 6.07) is 17.2. The molecule has 25 heavy (non-hydrogen) atoms. The van der Waals surface area contributed by atoms with Crippen molar-refractivity contribution in [1.29, 1.82) is 5.26 Å². The molecule has 0 aliphatic rings. The Hall–Kier alpha value is -2.60. The van der Waals surface area contributed by atoms with Crippen LogP contribution < -0.4 is 10.5 Å². The minimum Gasteiger partial charge on any atom is -0.489 e. The highest BCUT2D eigenvalue weighted by atomic mass is 127. The van der Waals surface area contributed by atoms with E-state index < -0.39 is 5.76 Å². The van der Waals surface area contributed by atoms with Crippen LogP contribution in [-0.4, -0.2) is 9.78 Å². The molecule has 0 fully saturated rings. The maximum Gasteiger partial charge on any atom is 0.437 e. The zero-order valence-electron chi connectivity index (χ0n) is 13.2. The molecule has 0 aliphatic heterocycles. The summed E-state index contributed by atoms with van der Waals surface area (Å²) in [6.45, 7) is 0.700. The largest absolute Gasteiger partial charge is 0.489 e. The van der Waals surface area contributed by atoms with Gasteiger partial charge in [-0.2, -0.15) is 9.94 Å². The minimum absolute atomic E-state index is 0.205. The van der Waals surface area contributed by atoms with Gasteiger partial charge < -0.3 is 9.15 Å². The second-order valence-corrected chi connectivity index (χ2v) is 6.37. The molecule has 0 saturated carbocycles. The van der Waals surface area contributed by atoms with Gasteiger partial charge in [0.2, 0.25) is 5.89 Å². The van der Waals surface area contributed by atoms with Gasteiger partial charge in [-0.15, -0.1) is 5.10 Å². The molecule has 0 N–H and O–H groups in total. The van der Waals surface area contributed by atoms with E-state index in [2.05, 4.69) is 27.7 Å². The molecule has 1 heterocycles. The first-order valence-corrected chi connectivity index (χ1v) is 8.67. The van der Waals surface area contributed by atoms with Gasteiger partial charge >= 0.3 is 5.76 Å². The third kappa shape index (κ3) is 4.28. The van der Waals surface area contributed by atoms with Crippen LogP contribution in [-0.2, 0) is 13.2 Å². The van der Waals surface area contributed by atoms with Gasteiger partial charge in [0.1, 0.15) is 12.4 Å². The number of aryl methyl sites for hydroxylation is 1. The number of aromatic nitrogens is 2. The summed E-state index contributed by atoms with van der Waals surface area (Å²) in [5.41, 5.74) is 1.80. The van der Waals surface area contributed by atoms with Crippen molar-refractivity contribution in [3.8, 4) is 23.3 Å². The summed E-state index contributed by atoms with van der Waals surface area (Å²) in [6.07, 6.45) is 0.205. The third-order valence-electron chi connectivity index (χ3n) is 3.50. The van der Waals surface area contributed by atoms with E-state index >= 15 is 0 Å². The maximum atomic E-state index is 11.7. The lowest BCUT2D eigenvalue weighted by Crippen LogP contribution is -2.15. The number of nitrogens with zero attached hydrogens (tertiary/aromatic N) is 3. The molecule has 1 aromatic heterocycles. The second-order valence-electron chi connectivity index (χ2n) is 5.21. The minimum atomic E-state index is -0.566. The second kappa shape index (κ2) is 7.98. The molecule has 0 spiro atoms. The van der Waals surface area contributed by atoms with Crippen LogP contribution in [0.1, 0.15) is 12.0 Å². The monoisotopic (exact) mass is 447 g/mol. The summed E-state index contributed by atoms with van der Waals surface area (Å²) in [4.78, 5) is 11.7. The summed E-state index contributed by atoms with van der Waals surface area (Å²) in [5, 5.41) is 12.7. The fourth-order valence-electron chi connectivity index (χ4n) is 2.19. The highest BCUT2D eigenvalue weighted by Crippen LogP contribution is 2.21. The number of halogens is 1. The third-order valence-corrected chi connectivity index (χ3v) is 4.55. The lowest BCUT2D eigenvalue weighted by Gasteiger charge is -2.08. The molecular formula is C18H14IN3O3. The molecule has 3 rings (SSSR count). The van der Waals surface area contributed by atoms with E-state index in [0.717, 1.165) is 19.6 Å². The molecule has 6 nitrogen and oxygen atoms in total. The quantitative estimate of drug-likeness (QED) is 0.540. The average molecular weight is 447 g/mol. The fourth-order valence-corrected chi connectivity index (χ4v) is 2.73. The molecule has 0 unspecified atom stereocenters. The summed E-state index contributed by atoms with van der Waals surface area (Å²) < 4.78 is 13.2. The standard InChI is InChI=1S/C18H14IN3O3/c19-16-5-2-1-4-14(16)12-24-15-8-6-13(7-9-15)17-21-22(11-3-10-20)18(23)25-17/h1-2,4-9H,3,11-12H2. The number of nitriles is 1. The van der Waals surface area contributed by atoms with E-state index in [9.17, 15) is 4.79 Å². The van der Waals surface area contributed by atoms with Gasteiger partial charge in [0.15, 0.2) is 0 Å². The van der Waals surface area contributed by atoms with Gasteiger partial charge in [-0.3, -0.25) is 0 Å². The number of ether oxygens (including phenoxy) is 1. The predicted octanol–water partition coefficient (Wildman–Crippen LogP) is 3.60. The van der Waals surface area contributed by atoms with Gasteiger partial charge in [0, 0.05) is 14.7 Å². The molecule has 7 heteroatoms. The van der Waals surface area contributed by atoms with Crippen LogP contribution in [0.4, 0.5) is 0 Å². The van der Waals surface area contributed by atoms with Gasteiger partial charge in [-0.05, 0) is 52.9 Å². The molecule has 0 radical (unpaired) electrons. The van der Waals surface area contributed by atoms with Crippen LogP contribution >= 0.6 is 22.6 Å². The van der Waals surface area contributed by atoms with Gasteiger partial charge in [-0.25, -0.2) is 4.79 Å². The highest BCUT2D eigenvalue weighted by Gasteiger charge is 2.10. The molecular weight excluding hydrogens is 433 g/mol. The van der Waals surface area contributed by atoms with Crippen LogP contribution in [0.3, 0.4) is 0 Å². The molecule has 0 atom stereocenters. The van der Waals surface area contributed by atoms with Crippen molar-refractivity contribution in [3.05, 3.63) is 68.2 Å². The first kappa shape index (κ1) is 17.2. The Labute approximate surface area is 157 Å². The van der Waals surface area contributed by atoms with Crippen LogP contribution in [0.25, 0.3) is 11.5 Å². The maximum absolute atomic E-state index is 11.7. The molecule has 2 aromatic carbocycles. The summed E-state index contributed by atoms with van der Waals surface area (Å²) in [5.74, 6) is 0.381. The highest BCUT2D eigenvalue weighted by molar-refractivity contribution is 14.1. The van der Waals surface area contributed by atoms with Gasteiger partial charge in [0.25, 0.3) is 0 Å². The number of hydrogen-bond donors (Lipinski definition) is 0. The van der Waals surface area contributed by atoms with Crippen LogP contribution in [0, 0.1) is 14.9 Å². The van der Waals surface area contributed by atoms with E-state index in [1.54, 1.807) is 24.3 Å². The molecule has 0 bridgehead atoms. The zero-order valence-corrected chi connectivity index (χ0v) is 15.3. The van der Waals surface area contributed by atoms with Crippen molar-refractivity contribution in [2.24, 2.45) is 0 Å². The lowest BCUT2D eigenvalue weighted by atomic mass is 10.2. The first-order chi connectivity index (χ1) is 12.2. The average Bonchev–Trinajstić information content (AvgIpc) is 3.00. The molecule has 126 valence electrons. The fraction of sp³-hybridized carbons (Fsp3) is 0.167. The Balaban J connectivity index is 1.69. The van der Waals surface area contributed by atoms with Crippen LogP contribution in [0.15, 0.2) is 57.7 Å². The van der Waals surface area contributed by atoms with Gasteiger partial charge in [-0.1, -0.05) is 18.2 Å². The van der Waals surface area contributed by atoms with Crippen molar-refractivity contribution in [3.63, 3.8) is 0 Å². The Morgan fingerprint density at radius 1 is 1.20 bits per heavy atom. The molecule has 3 aromatic rings. The Bertz CT molecular complexity index is 955. The van der Waals surface area contributed by atoms with Crippen molar-refractivity contribution >= 4 is 22.6 Å². The van der Waals surface area contributed by atoms with E-state index in [-0.39, 0.29) is 18.9 Å². The number of benzene rings is 2. The summed E-state index contributed by atoms with van der Waals surface area (Å²) in [7, 11) is 0. The van der Waals surface area contributed by atoms with Crippen LogP contribution in [0.2, 0.25) is 0 Å². The molecule has 0 amide bonds. The topological polar surface area (TPSA) is 81.1 Å². The van der Waals surface area contributed by atoms with E-state index in [1.807, 2.05) is 30.3 Å². The smallest absolute Gasteiger partial charge is 0.437 e. The van der Waals surface area contributed by atoms with Crippen molar-refractivity contribution in [1.82, 2.24) is 9.78 Å². The predicted molar refractivity (Wildman–Crippen MR) is 99.9 cm³/mol. The van der Waals surface area contributed by atoms with Crippen molar-refractivity contribution in [2.75, 3.05) is 0 Å². The number of rotatable bonds is 6. The SMILES string of the molecule is N#CCCn1nc(-c2ccc(OCc3ccccc3I)cc2)oc1=O. The Morgan fingerprint density at radius 3 is 2.68 bits per heavy atom. The van der Waals surface area contributed by atoms with E-state index in [0.29, 0.717) is 12.2 Å². The van der Waals surface area contributed by atoms with Crippen molar-refractivity contribution < 1.29 is 9.15 Å². The Kier molecular flexibility index (Phi) is 5.50. The van der Waals surface area contributed by atoms with E-state index in [1.165, 1.54) is 0 Å². The zero-order chi connectivity index (χ0) is 17.6. The molecule has 0 saturated heterocycles. The normalized spacial score (nSPS) is 10.4. The van der Waals surface area contributed by atoms with Gasteiger partial charge in [0.05, 0.1) is 19.0 Å². The first-order valence-electron chi connectivity index (χ1n) is 7.59. The number of hydrogen-bond acceptors (Lipinski definition) is 5. The van der Waals surface area contributed by atoms with E-state index in [4.69, 9.17) is 14.4 Å². The van der Waals surface area contributed by atoms with Crippen LogP contribution in [0.5, 0.6) is 5.75 Å². The Morgan fingerprint density at radius 2 is 1.96 bits per heavy atom. The summed E-state index contributed by atoms with van der Waals surface area (Å²) >= 11 is 2.28. The molecule has 0 aliphatic carbocycles.